The highest BCUT2D eigenvalue weighted by Crippen LogP contribution is 2.70. The summed E-state index contributed by atoms with van der Waals surface area (Å²) in [6, 6.07) is 0. The maximum absolute atomic E-state index is 13.8. The maximum atomic E-state index is 13.8. The highest BCUT2D eigenvalue weighted by molar-refractivity contribution is 5.99. The number of fused-ring (bicyclic) bond motifs is 3. The number of aliphatic hydroxyl groups excluding tert-OH is 1. The lowest BCUT2D eigenvalue weighted by Crippen LogP contribution is -2.61. The van der Waals surface area contributed by atoms with E-state index in [1.165, 1.54) is 13.0 Å². The number of Topliss-reactive ketones (excluding diaryl/α,β-unsaturated/α-hetero) is 1. The number of hydrogen-bond acceptors (Lipinski definition) is 9. The van der Waals surface area contributed by atoms with Crippen LogP contribution in [0.25, 0.3) is 0 Å². The number of carboxylic acid groups (broad SMARTS) is 1. The van der Waals surface area contributed by atoms with Crippen molar-refractivity contribution in [2.75, 3.05) is 0 Å². The fourth-order valence-electron chi connectivity index (χ4n) is 9.92. The largest absolute Gasteiger partial charge is 0.481 e. The highest BCUT2D eigenvalue weighted by atomic mass is 16.6. The number of ketones is 2. The van der Waals surface area contributed by atoms with E-state index in [4.69, 9.17) is 19.3 Å². The molecule has 0 radical (unpaired) electrons. The van der Waals surface area contributed by atoms with Crippen LogP contribution in [0.1, 0.15) is 99.8 Å². The Morgan fingerprint density at radius 3 is 2.30 bits per heavy atom. The molecule has 3 aliphatic carbocycles. The van der Waals surface area contributed by atoms with Gasteiger partial charge in [0.2, 0.25) is 5.78 Å². The Kier molecular flexibility index (Phi) is 8.56. The SMILES string of the molecule is C=C(C1=CC(=O)C(C)(C)O1)[C@H]1CC=C([C@H]2CC[C@@H]3[C@]2(C)CC[C@@H]2C(C)(C)C(=O)[C@@H](OC(=O)C[C@@](C)(O)CC(=O)O)C[C@@]32C)[C@@H](O)O1. The molecule has 2 aliphatic heterocycles. The Morgan fingerprint density at radius 2 is 1.72 bits per heavy atom. The van der Waals surface area contributed by atoms with Crippen molar-refractivity contribution in [2.24, 2.45) is 34.0 Å². The van der Waals surface area contributed by atoms with E-state index in [0.717, 1.165) is 31.3 Å². The Morgan fingerprint density at radius 1 is 1.04 bits per heavy atom. The molecule has 5 aliphatic rings. The van der Waals surface area contributed by atoms with Crippen molar-refractivity contribution in [3.63, 3.8) is 0 Å². The zero-order valence-corrected chi connectivity index (χ0v) is 28.2. The molecule has 3 saturated carbocycles. The predicted octanol–water partition coefficient (Wildman–Crippen LogP) is 4.81. The van der Waals surface area contributed by atoms with Crippen LogP contribution in [0.4, 0.5) is 0 Å². The molecule has 3 fully saturated rings. The van der Waals surface area contributed by atoms with E-state index < -0.39 is 59.9 Å². The summed E-state index contributed by atoms with van der Waals surface area (Å²) in [4.78, 5) is 50.1. The number of aliphatic hydroxyl groups is 2. The van der Waals surface area contributed by atoms with E-state index in [0.29, 0.717) is 24.2 Å². The molecule has 9 atom stereocenters. The first-order valence-corrected chi connectivity index (χ1v) is 16.5. The molecule has 0 spiro atoms. The van der Waals surface area contributed by atoms with Crippen LogP contribution < -0.4 is 0 Å². The minimum absolute atomic E-state index is 0.0507. The lowest BCUT2D eigenvalue weighted by Gasteiger charge is -2.62. The van der Waals surface area contributed by atoms with Crippen LogP contribution >= 0.6 is 0 Å². The monoisotopic (exact) mass is 642 g/mol. The number of carbonyl (C=O) groups is 4. The Labute approximate surface area is 271 Å². The van der Waals surface area contributed by atoms with Crippen molar-refractivity contribution in [1.29, 1.82) is 0 Å². The van der Waals surface area contributed by atoms with E-state index in [1.807, 2.05) is 13.8 Å². The second kappa shape index (κ2) is 11.4. The van der Waals surface area contributed by atoms with Crippen molar-refractivity contribution in [3.8, 4) is 0 Å². The molecule has 10 heteroatoms. The fraction of sp³-hybridized carbons (Fsp3) is 0.722. The fourth-order valence-corrected chi connectivity index (χ4v) is 9.92. The average Bonchev–Trinajstić information content (AvgIpc) is 3.41. The van der Waals surface area contributed by atoms with Gasteiger partial charge in [0.05, 0.1) is 24.5 Å². The quantitative estimate of drug-likeness (QED) is 0.248. The van der Waals surface area contributed by atoms with Gasteiger partial charge in [-0.2, -0.15) is 0 Å². The van der Waals surface area contributed by atoms with Gasteiger partial charge in [0.25, 0.3) is 0 Å². The van der Waals surface area contributed by atoms with Crippen LogP contribution in [0.5, 0.6) is 0 Å². The smallest absolute Gasteiger partial charge is 0.309 e. The highest BCUT2D eigenvalue weighted by Gasteiger charge is 2.66. The van der Waals surface area contributed by atoms with Gasteiger partial charge in [-0.3, -0.25) is 19.2 Å². The zero-order chi connectivity index (χ0) is 34.2. The van der Waals surface area contributed by atoms with Crippen LogP contribution in [0.15, 0.2) is 35.6 Å². The van der Waals surface area contributed by atoms with Gasteiger partial charge >= 0.3 is 11.9 Å². The summed E-state index contributed by atoms with van der Waals surface area (Å²) >= 11 is 0. The van der Waals surface area contributed by atoms with E-state index in [2.05, 4.69) is 26.5 Å². The summed E-state index contributed by atoms with van der Waals surface area (Å²) in [7, 11) is 0. The maximum Gasteiger partial charge on any atom is 0.309 e. The third-order valence-electron chi connectivity index (χ3n) is 12.1. The van der Waals surface area contributed by atoms with Crippen molar-refractivity contribution >= 4 is 23.5 Å². The normalized spacial score (nSPS) is 39.2. The standard InChI is InChI=1S/C36H50O10/c1-19(23-15-27(37)33(4,5)46-23)22-11-9-20(31(42)45-22)21-10-12-26-35(21,7)14-13-25-32(2,3)30(41)24(16-36(25,26)8)44-29(40)18-34(6,43)17-28(38)39/h9,15,21-22,24-26,31,42-43H,1,10-14,16-18H2,2-8H3,(H,38,39)/t21-,22-,24+,25-,26-,31+,34+,35-,36-/m1/s1. The van der Waals surface area contributed by atoms with Gasteiger partial charge in [0.1, 0.15) is 5.76 Å². The zero-order valence-electron chi connectivity index (χ0n) is 28.2. The summed E-state index contributed by atoms with van der Waals surface area (Å²) < 4.78 is 17.7. The van der Waals surface area contributed by atoms with E-state index in [-0.39, 0.29) is 40.2 Å². The Hall–Kier alpha value is -2.82. The molecule has 3 N–H and O–H groups in total. The molecule has 46 heavy (non-hydrogen) atoms. The third-order valence-corrected chi connectivity index (χ3v) is 12.1. The minimum atomic E-state index is -1.79. The number of rotatable bonds is 8. The topological polar surface area (TPSA) is 157 Å². The second-order valence-corrected chi connectivity index (χ2v) is 16.2. The second-order valence-electron chi connectivity index (χ2n) is 16.2. The van der Waals surface area contributed by atoms with Gasteiger partial charge in [0.15, 0.2) is 23.8 Å². The van der Waals surface area contributed by atoms with E-state index in [9.17, 15) is 29.4 Å². The van der Waals surface area contributed by atoms with Crippen LogP contribution in [-0.2, 0) is 33.4 Å². The molecule has 0 aromatic heterocycles. The molecule has 0 unspecified atom stereocenters. The van der Waals surface area contributed by atoms with Gasteiger partial charge in [-0.25, -0.2) is 0 Å². The molecule has 0 saturated heterocycles. The molecule has 0 bridgehead atoms. The van der Waals surface area contributed by atoms with Crippen molar-refractivity contribution in [3.05, 3.63) is 35.6 Å². The van der Waals surface area contributed by atoms with Crippen LogP contribution in [-0.4, -0.2) is 68.5 Å². The average molecular weight is 643 g/mol. The lowest BCUT2D eigenvalue weighted by molar-refractivity contribution is -0.189. The molecular weight excluding hydrogens is 592 g/mol. The Balaban J connectivity index is 1.34. The van der Waals surface area contributed by atoms with Crippen molar-refractivity contribution in [1.82, 2.24) is 0 Å². The van der Waals surface area contributed by atoms with Gasteiger partial charge in [-0.05, 0) is 93.5 Å². The lowest BCUT2D eigenvalue weighted by atomic mass is 9.42. The van der Waals surface area contributed by atoms with Crippen LogP contribution in [0, 0.1) is 34.0 Å². The summed E-state index contributed by atoms with van der Waals surface area (Å²) in [5, 5.41) is 30.9. The van der Waals surface area contributed by atoms with Gasteiger partial charge in [0, 0.05) is 17.1 Å². The number of carboxylic acids is 1. The predicted molar refractivity (Wildman–Crippen MR) is 167 cm³/mol. The Bertz CT molecular complexity index is 1400. The number of hydrogen-bond donors (Lipinski definition) is 3. The van der Waals surface area contributed by atoms with Gasteiger partial charge in [-0.15, -0.1) is 0 Å². The summed E-state index contributed by atoms with van der Waals surface area (Å²) in [6.45, 7) is 17.1. The number of esters is 1. The molecule has 10 nitrogen and oxygen atoms in total. The number of ether oxygens (including phenoxy) is 3. The summed E-state index contributed by atoms with van der Waals surface area (Å²) in [5.74, 6) is -1.62. The van der Waals surface area contributed by atoms with Gasteiger partial charge < -0.3 is 29.5 Å². The molecule has 0 aromatic carbocycles. The van der Waals surface area contributed by atoms with Crippen LogP contribution in [0.3, 0.4) is 0 Å². The molecular formula is C36H50O10. The third kappa shape index (κ3) is 5.79. The molecule has 254 valence electrons. The van der Waals surface area contributed by atoms with Gasteiger partial charge in [-0.1, -0.05) is 40.3 Å². The van der Waals surface area contributed by atoms with Crippen LogP contribution in [0.2, 0.25) is 0 Å². The number of aliphatic carboxylic acids is 1. The summed E-state index contributed by atoms with van der Waals surface area (Å²) in [5.41, 5.74) is -2.67. The molecule has 0 aromatic rings. The summed E-state index contributed by atoms with van der Waals surface area (Å²) in [6.07, 6.45) is 3.95. The first-order valence-electron chi connectivity index (χ1n) is 16.5. The molecule has 0 amide bonds. The van der Waals surface area contributed by atoms with E-state index >= 15 is 0 Å². The number of carbonyl (C=O) groups excluding carboxylic acids is 3. The van der Waals surface area contributed by atoms with E-state index in [1.54, 1.807) is 13.8 Å². The first kappa shape index (κ1) is 34.5. The molecule has 2 heterocycles. The minimum Gasteiger partial charge on any atom is -0.481 e. The first-order chi connectivity index (χ1) is 21.1. The van der Waals surface area contributed by atoms with Crippen molar-refractivity contribution < 1.29 is 48.7 Å². The van der Waals surface area contributed by atoms with Crippen molar-refractivity contribution in [2.45, 2.75) is 130 Å². The molecule has 5 rings (SSSR count).